The van der Waals surface area contributed by atoms with Crippen molar-refractivity contribution in [2.75, 3.05) is 0 Å². The Balaban J connectivity index is 1.31. The third kappa shape index (κ3) is 5.19. The van der Waals surface area contributed by atoms with Gasteiger partial charge in [-0.25, -0.2) is 0 Å². The van der Waals surface area contributed by atoms with Crippen molar-refractivity contribution in [3.05, 3.63) is 185 Å². The summed E-state index contributed by atoms with van der Waals surface area (Å²) in [4.78, 5) is 0. The Labute approximate surface area is 317 Å². The van der Waals surface area contributed by atoms with Gasteiger partial charge in [0.25, 0.3) is 0 Å². The van der Waals surface area contributed by atoms with Crippen LogP contribution in [0.3, 0.4) is 0 Å². The molecule has 2 aliphatic rings. The summed E-state index contributed by atoms with van der Waals surface area (Å²) in [5, 5.41) is 12.7. The summed E-state index contributed by atoms with van der Waals surface area (Å²) in [6.07, 6.45) is 7.45. The van der Waals surface area contributed by atoms with E-state index in [9.17, 15) is 0 Å². The van der Waals surface area contributed by atoms with Gasteiger partial charge in [0.15, 0.2) is 0 Å². The number of hydrogen-bond acceptors (Lipinski definition) is 0. The summed E-state index contributed by atoms with van der Waals surface area (Å²) in [5.74, 6) is 0. The Bertz CT molecular complexity index is 2440. The molecule has 9 rings (SSSR count). The minimum absolute atomic E-state index is 0.455. The predicted molar refractivity (Wildman–Crippen MR) is 232 cm³/mol. The van der Waals surface area contributed by atoms with E-state index >= 15 is 0 Å². The second kappa shape index (κ2) is 13.1. The Morgan fingerprint density at radius 2 is 0.849 bits per heavy atom. The molecule has 53 heavy (non-hydrogen) atoms. The second-order valence-electron chi connectivity index (χ2n) is 16.5. The molecule has 0 N–H and O–H groups in total. The molecule has 261 valence electrons. The van der Waals surface area contributed by atoms with Gasteiger partial charge in [0.1, 0.15) is 0 Å². The number of hydrogen-bond donors (Lipinski definition) is 0. The standard InChI is InChI=1S/2C21H17.C7H9Si.2CH3.Ti/c2*1-2-15-13-17-9-6-12-20(21(17)14-15)19-11-5-8-16-7-3-4-10-18(16)19;1-8-7-5-3-2-4-6-7;;;/h2*3-14H,2H2,1H3;2-6,8H,1H3;2*1H3;. The molecule has 3 atom stereocenters. The monoisotopic (exact) mass is 737 g/mol. The Kier molecular flexibility index (Phi) is 8.46. The SMILES string of the molecule is CCC1=Cc2c(-c3cccc4ccccc34)cccc2[CH]1[Ti]([CH3])([CH3])([CH]1C(CC)=Cc2c(-c3cccc4ccccc34)cccc21)[SiH](C)c1ccccc1. The van der Waals surface area contributed by atoms with Crippen molar-refractivity contribution in [3.8, 4) is 22.3 Å². The Morgan fingerprint density at radius 3 is 1.32 bits per heavy atom. The molecule has 2 aliphatic carbocycles. The van der Waals surface area contributed by atoms with Gasteiger partial charge >= 0.3 is 320 Å². The van der Waals surface area contributed by atoms with Gasteiger partial charge in [0.2, 0.25) is 0 Å². The summed E-state index contributed by atoms with van der Waals surface area (Å²) in [6, 6.07) is 57.8. The predicted octanol–water partition coefficient (Wildman–Crippen LogP) is 13.8. The van der Waals surface area contributed by atoms with Crippen LogP contribution < -0.4 is 5.19 Å². The normalized spacial score (nSPS) is 17.9. The number of allylic oxidation sites excluding steroid dienone is 2. The molecule has 0 fully saturated rings. The van der Waals surface area contributed by atoms with Crippen molar-refractivity contribution in [2.24, 2.45) is 0 Å². The van der Waals surface area contributed by atoms with E-state index in [1.54, 1.807) is 27.5 Å². The van der Waals surface area contributed by atoms with E-state index in [1.165, 1.54) is 54.9 Å². The first-order valence-corrected chi connectivity index (χ1v) is 29.6. The molecule has 0 nitrogen and oxygen atoms in total. The number of fused-ring (bicyclic) bond motifs is 4. The third-order valence-corrected chi connectivity index (χ3v) is 42.8. The molecule has 0 spiro atoms. The van der Waals surface area contributed by atoms with Gasteiger partial charge in [-0.3, -0.25) is 0 Å². The molecule has 0 aliphatic heterocycles. The molecule has 0 heterocycles. The van der Waals surface area contributed by atoms with Crippen molar-refractivity contribution in [1.29, 1.82) is 0 Å². The first-order valence-electron chi connectivity index (χ1n) is 19.7. The molecule has 2 heteroatoms. The maximum atomic E-state index is 2.91. The van der Waals surface area contributed by atoms with E-state index in [0.717, 1.165) is 12.8 Å². The summed E-state index contributed by atoms with van der Waals surface area (Å²) in [6.45, 7) is 5.99. The summed E-state index contributed by atoms with van der Waals surface area (Å²) in [7, 11) is 0. The van der Waals surface area contributed by atoms with E-state index in [-0.39, 0.29) is 0 Å². The maximum absolute atomic E-state index is 3.83. The van der Waals surface area contributed by atoms with Crippen molar-refractivity contribution in [3.63, 3.8) is 0 Å². The zero-order valence-corrected chi connectivity index (χ0v) is 34.5. The van der Waals surface area contributed by atoms with Crippen molar-refractivity contribution in [1.82, 2.24) is 0 Å². The van der Waals surface area contributed by atoms with Crippen LogP contribution in [-0.2, 0) is 14.6 Å². The molecule has 0 radical (unpaired) electrons. The zero-order valence-electron chi connectivity index (χ0n) is 31.7. The van der Waals surface area contributed by atoms with Gasteiger partial charge in [0, 0.05) is 0 Å². The van der Waals surface area contributed by atoms with Gasteiger partial charge in [0.05, 0.1) is 0 Å². The van der Waals surface area contributed by atoms with Crippen LogP contribution in [0.2, 0.25) is 17.0 Å². The van der Waals surface area contributed by atoms with E-state index in [4.69, 9.17) is 0 Å². The molecule has 0 saturated heterocycles. The molecular formula is C51H49SiTi. The van der Waals surface area contributed by atoms with E-state index < -0.39 is 21.2 Å². The fraction of sp³-hybridized carbons (Fsp3) is 0.176. The summed E-state index contributed by atoms with van der Waals surface area (Å²) < 4.78 is 0.909. The molecule has 0 aromatic heterocycles. The van der Waals surface area contributed by atoms with Crippen LogP contribution in [0.25, 0.3) is 56.0 Å². The first kappa shape index (κ1) is 34.3. The van der Waals surface area contributed by atoms with Gasteiger partial charge in [-0.15, -0.1) is 0 Å². The fourth-order valence-electron chi connectivity index (χ4n) is 11.0. The van der Waals surface area contributed by atoms with Gasteiger partial charge in [-0.1, -0.05) is 0 Å². The molecular weight excluding hydrogens is 689 g/mol. The first-order chi connectivity index (χ1) is 25.8. The zero-order chi connectivity index (χ0) is 36.3. The van der Waals surface area contributed by atoms with Crippen LogP contribution in [0.5, 0.6) is 0 Å². The van der Waals surface area contributed by atoms with Crippen molar-refractivity contribution in [2.45, 2.75) is 52.1 Å². The van der Waals surface area contributed by atoms with Crippen LogP contribution in [0.15, 0.2) is 163 Å². The minimum atomic E-state index is -3.83. The van der Waals surface area contributed by atoms with Crippen LogP contribution in [0, 0.1) is 0 Å². The quantitative estimate of drug-likeness (QED) is 0.136. The van der Waals surface area contributed by atoms with Crippen LogP contribution in [0.1, 0.15) is 57.4 Å². The second-order valence-corrected chi connectivity index (χ2v) is 40.6. The Morgan fingerprint density at radius 1 is 0.453 bits per heavy atom. The van der Waals surface area contributed by atoms with E-state index in [0.29, 0.717) is 8.45 Å². The van der Waals surface area contributed by atoms with E-state index in [1.807, 2.05) is 0 Å². The van der Waals surface area contributed by atoms with Gasteiger partial charge in [-0.05, 0) is 0 Å². The number of rotatable bonds is 8. The van der Waals surface area contributed by atoms with Crippen LogP contribution in [-0.4, -0.2) is 6.66 Å². The average Bonchev–Trinajstić information content (AvgIpc) is 3.81. The molecule has 0 bridgehead atoms. The third-order valence-electron chi connectivity index (χ3n) is 13.8. The molecule has 0 saturated carbocycles. The Hall–Kier alpha value is -4.53. The van der Waals surface area contributed by atoms with Crippen molar-refractivity contribution >= 4 is 45.5 Å². The fourth-order valence-corrected chi connectivity index (χ4v) is 36.5. The summed E-state index contributed by atoms with van der Waals surface area (Å²) in [5.41, 5.74) is 14.9. The van der Waals surface area contributed by atoms with Gasteiger partial charge in [-0.2, -0.15) is 0 Å². The molecule has 7 aromatic rings. The van der Waals surface area contributed by atoms with Gasteiger partial charge < -0.3 is 0 Å². The molecule has 0 amide bonds. The van der Waals surface area contributed by atoms with Crippen molar-refractivity contribution < 1.29 is 14.6 Å². The molecule has 3 unspecified atom stereocenters. The molecule has 7 aromatic carbocycles. The van der Waals surface area contributed by atoms with Crippen LogP contribution in [0.4, 0.5) is 0 Å². The van der Waals surface area contributed by atoms with E-state index in [2.05, 4.69) is 195 Å². The topological polar surface area (TPSA) is 0 Å². The summed E-state index contributed by atoms with van der Waals surface area (Å²) >= 11 is -3.83. The average molecular weight is 738 g/mol. The van der Waals surface area contributed by atoms with Crippen LogP contribution >= 0.6 is 0 Å². The number of benzene rings is 7.